The molecule has 0 saturated heterocycles. The number of nitrogens with one attached hydrogen (secondary N) is 1. The van der Waals surface area contributed by atoms with Gasteiger partial charge in [-0.3, -0.25) is 10.1 Å². The monoisotopic (exact) mass is 433 g/mol. The van der Waals surface area contributed by atoms with Gasteiger partial charge in [0, 0.05) is 29.6 Å². The number of hydrogen-bond donors (Lipinski definition) is 3. The van der Waals surface area contributed by atoms with Crippen molar-refractivity contribution in [1.29, 1.82) is 0 Å². The Morgan fingerprint density at radius 2 is 1.90 bits per heavy atom. The average Bonchev–Trinajstić information content (AvgIpc) is 2.72. The smallest absolute Gasteiger partial charge is 0.336 e. The number of dihydropyridines is 1. The second kappa shape index (κ2) is 10.7. The van der Waals surface area contributed by atoms with Crippen LogP contribution in [0.15, 0.2) is 40.7 Å². The van der Waals surface area contributed by atoms with Gasteiger partial charge < -0.3 is 25.6 Å². The van der Waals surface area contributed by atoms with Gasteiger partial charge in [0.1, 0.15) is 0 Å². The largest absolute Gasteiger partial charge is 0.478 e. The molecule has 0 aromatic heterocycles. The first-order valence-corrected chi connectivity index (χ1v) is 9.78. The molecule has 0 bridgehead atoms. The molecule has 0 saturated carbocycles. The molecule has 0 fully saturated rings. The quantitative estimate of drug-likeness (QED) is 0.217. The molecule has 1 aromatic carbocycles. The molecular weight excluding hydrogens is 406 g/mol. The van der Waals surface area contributed by atoms with Gasteiger partial charge in [-0.15, -0.1) is 0 Å². The van der Waals surface area contributed by atoms with E-state index in [9.17, 15) is 24.8 Å². The first kappa shape index (κ1) is 24.0. The molecule has 4 N–H and O–H groups in total. The minimum atomic E-state index is -1.28. The number of allylic oxidation sites excluding steroid dienone is 2. The molecule has 0 radical (unpaired) electrons. The summed E-state index contributed by atoms with van der Waals surface area (Å²) in [7, 11) is 1.17. The fourth-order valence-corrected chi connectivity index (χ4v) is 3.59. The second-order valence-corrected chi connectivity index (χ2v) is 7.09. The molecule has 1 heterocycles. The Kier molecular flexibility index (Phi) is 8.29. The van der Waals surface area contributed by atoms with Crippen LogP contribution in [0.2, 0.25) is 0 Å². The highest BCUT2D eigenvalue weighted by atomic mass is 16.6. The lowest BCUT2D eigenvalue weighted by Gasteiger charge is -2.29. The van der Waals surface area contributed by atoms with E-state index in [2.05, 4.69) is 5.32 Å². The molecule has 0 aliphatic carbocycles. The van der Waals surface area contributed by atoms with Crippen LogP contribution < -0.4 is 11.1 Å². The number of carbonyl (C=O) groups excluding carboxylic acids is 1. The van der Waals surface area contributed by atoms with Crippen LogP contribution >= 0.6 is 0 Å². The van der Waals surface area contributed by atoms with Crippen molar-refractivity contribution >= 4 is 17.6 Å². The molecular formula is C21H27N3O7. The van der Waals surface area contributed by atoms with Gasteiger partial charge in [0.05, 0.1) is 35.7 Å². The molecule has 2 rings (SSSR count). The van der Waals surface area contributed by atoms with Crippen molar-refractivity contribution in [2.24, 2.45) is 5.73 Å². The van der Waals surface area contributed by atoms with Gasteiger partial charge in [-0.25, -0.2) is 9.59 Å². The lowest BCUT2D eigenvalue weighted by atomic mass is 9.79. The summed E-state index contributed by atoms with van der Waals surface area (Å²) in [6.45, 7) is 4.54. The van der Waals surface area contributed by atoms with Crippen LogP contribution in [0.3, 0.4) is 0 Å². The number of carboxylic acid groups (broad SMARTS) is 1. The number of aliphatic carboxylic acids is 1. The van der Waals surface area contributed by atoms with Crippen molar-refractivity contribution in [2.45, 2.75) is 32.6 Å². The van der Waals surface area contributed by atoms with Crippen LogP contribution in [0.4, 0.5) is 5.69 Å². The highest BCUT2D eigenvalue weighted by Crippen LogP contribution is 2.42. The normalized spacial score (nSPS) is 16.2. The molecule has 31 heavy (non-hydrogen) atoms. The van der Waals surface area contributed by atoms with E-state index in [0.717, 1.165) is 6.42 Å². The first-order chi connectivity index (χ1) is 14.7. The minimum absolute atomic E-state index is 0.0199. The highest BCUT2D eigenvalue weighted by molar-refractivity contribution is 5.99. The first-order valence-electron chi connectivity index (χ1n) is 9.78. The third-order valence-electron chi connectivity index (χ3n) is 5.03. The Labute approximate surface area is 179 Å². The summed E-state index contributed by atoms with van der Waals surface area (Å²) in [6.07, 6.45) is 1.16. The predicted molar refractivity (Wildman–Crippen MR) is 112 cm³/mol. The number of benzene rings is 1. The summed E-state index contributed by atoms with van der Waals surface area (Å²) in [4.78, 5) is 35.8. The Balaban J connectivity index is 2.53. The Bertz CT molecular complexity index is 937. The van der Waals surface area contributed by atoms with Crippen molar-refractivity contribution in [3.63, 3.8) is 0 Å². The Morgan fingerprint density at radius 3 is 2.48 bits per heavy atom. The molecule has 1 aliphatic rings. The van der Waals surface area contributed by atoms with Gasteiger partial charge in [-0.05, 0) is 38.8 Å². The van der Waals surface area contributed by atoms with E-state index < -0.39 is 22.8 Å². The molecule has 168 valence electrons. The number of carboxylic acids is 1. The Hall–Kier alpha value is -3.24. The zero-order valence-corrected chi connectivity index (χ0v) is 17.8. The summed E-state index contributed by atoms with van der Waals surface area (Å²) in [6, 6.07) is 4.56. The summed E-state index contributed by atoms with van der Waals surface area (Å²) in [5, 5.41) is 24.5. The number of methoxy groups -OCH3 is 1. The number of nitrogens with two attached hydrogens (primary N) is 1. The van der Waals surface area contributed by atoms with E-state index in [-0.39, 0.29) is 22.4 Å². The molecule has 1 unspecified atom stereocenters. The SMILES string of the molecule is COC(=O)C1=C(C)NC(C)=C(C(=O)O)C1c1ccc(CCOCCCN)cc1[N+](=O)[O-]. The summed E-state index contributed by atoms with van der Waals surface area (Å²) >= 11 is 0. The van der Waals surface area contributed by atoms with Gasteiger partial charge in [0.2, 0.25) is 0 Å². The van der Waals surface area contributed by atoms with E-state index in [1.54, 1.807) is 19.9 Å². The van der Waals surface area contributed by atoms with Crippen LogP contribution in [0.1, 0.15) is 37.3 Å². The van der Waals surface area contributed by atoms with Crippen molar-refractivity contribution in [2.75, 3.05) is 26.9 Å². The maximum absolute atomic E-state index is 12.5. The van der Waals surface area contributed by atoms with Crippen molar-refractivity contribution in [3.8, 4) is 0 Å². The fraction of sp³-hybridized carbons (Fsp3) is 0.429. The molecule has 0 amide bonds. The molecule has 10 nitrogen and oxygen atoms in total. The number of nitrogens with zero attached hydrogens (tertiary/aromatic N) is 1. The van der Waals surface area contributed by atoms with Crippen molar-refractivity contribution in [3.05, 3.63) is 62.0 Å². The van der Waals surface area contributed by atoms with E-state index in [0.29, 0.717) is 43.1 Å². The van der Waals surface area contributed by atoms with Crippen LogP contribution in [-0.2, 0) is 25.5 Å². The average molecular weight is 433 g/mol. The van der Waals surface area contributed by atoms with Gasteiger partial charge in [-0.2, -0.15) is 0 Å². The third kappa shape index (κ3) is 5.47. The van der Waals surface area contributed by atoms with Crippen LogP contribution in [0.5, 0.6) is 0 Å². The number of rotatable bonds is 10. The molecule has 10 heteroatoms. The summed E-state index contributed by atoms with van der Waals surface area (Å²) < 4.78 is 10.3. The summed E-state index contributed by atoms with van der Waals surface area (Å²) in [5.74, 6) is -3.19. The van der Waals surface area contributed by atoms with E-state index in [1.165, 1.54) is 19.2 Å². The molecule has 1 atom stereocenters. The van der Waals surface area contributed by atoms with Crippen LogP contribution in [0.25, 0.3) is 0 Å². The number of nitro benzene ring substituents is 1. The lowest BCUT2D eigenvalue weighted by molar-refractivity contribution is -0.385. The van der Waals surface area contributed by atoms with Gasteiger partial charge in [0.15, 0.2) is 0 Å². The van der Waals surface area contributed by atoms with Gasteiger partial charge >= 0.3 is 11.9 Å². The number of carbonyl (C=O) groups is 2. The maximum atomic E-state index is 12.5. The number of hydrogen-bond acceptors (Lipinski definition) is 8. The zero-order valence-electron chi connectivity index (χ0n) is 17.8. The van der Waals surface area contributed by atoms with Gasteiger partial charge in [0.25, 0.3) is 5.69 Å². The van der Waals surface area contributed by atoms with Crippen molar-refractivity contribution in [1.82, 2.24) is 5.32 Å². The highest BCUT2D eigenvalue weighted by Gasteiger charge is 2.40. The lowest BCUT2D eigenvalue weighted by Crippen LogP contribution is -2.31. The summed E-state index contributed by atoms with van der Waals surface area (Å²) in [5.41, 5.74) is 6.47. The van der Waals surface area contributed by atoms with E-state index in [1.807, 2.05) is 0 Å². The predicted octanol–water partition coefficient (Wildman–Crippen LogP) is 2.00. The van der Waals surface area contributed by atoms with E-state index >= 15 is 0 Å². The topological polar surface area (TPSA) is 154 Å². The van der Waals surface area contributed by atoms with E-state index in [4.69, 9.17) is 15.2 Å². The Morgan fingerprint density at radius 1 is 1.23 bits per heavy atom. The number of nitro groups is 1. The molecule has 0 spiro atoms. The molecule has 1 aliphatic heterocycles. The van der Waals surface area contributed by atoms with Crippen molar-refractivity contribution < 1.29 is 29.1 Å². The molecule has 1 aromatic rings. The number of ether oxygens (including phenoxy) is 2. The fourth-order valence-electron chi connectivity index (χ4n) is 3.59. The third-order valence-corrected chi connectivity index (χ3v) is 5.03. The standard InChI is InChI=1S/C21H27N3O7/c1-12-17(20(25)26)19(18(13(2)23-12)21(27)30-3)15-6-5-14(11-16(15)24(28)29)7-10-31-9-4-8-22/h5-6,11,19,23H,4,7-10,22H2,1-3H3,(H,25,26). The maximum Gasteiger partial charge on any atom is 0.336 e. The van der Waals surface area contributed by atoms with Crippen LogP contribution in [0, 0.1) is 10.1 Å². The zero-order chi connectivity index (χ0) is 23.1. The number of esters is 1. The second-order valence-electron chi connectivity index (χ2n) is 7.09. The van der Waals surface area contributed by atoms with Gasteiger partial charge in [-0.1, -0.05) is 12.1 Å². The minimum Gasteiger partial charge on any atom is -0.478 e. The van der Waals surface area contributed by atoms with Crippen LogP contribution in [-0.4, -0.2) is 48.8 Å².